The molecular formula is C42H54N6O10Si. The van der Waals surface area contributed by atoms with Gasteiger partial charge in [0.15, 0.2) is 17.4 Å². The number of amides is 1. The van der Waals surface area contributed by atoms with E-state index in [4.69, 9.17) is 28.4 Å². The molecule has 0 spiro atoms. The molecule has 6 rings (SSSR count). The summed E-state index contributed by atoms with van der Waals surface area (Å²) < 4.78 is 37.8. The number of hydrogen-bond donors (Lipinski definition) is 4. The van der Waals surface area contributed by atoms with Crippen molar-refractivity contribution in [1.82, 2.24) is 29.7 Å². The first-order chi connectivity index (χ1) is 28.4. The van der Waals surface area contributed by atoms with Crippen LogP contribution in [0.2, 0.25) is 25.7 Å². The van der Waals surface area contributed by atoms with Gasteiger partial charge in [0.25, 0.3) is 5.56 Å². The smallest absolute Gasteiger partial charge is 0.407 e. The highest BCUT2D eigenvalue weighted by Gasteiger charge is 2.47. The third-order valence-electron chi connectivity index (χ3n) is 10.1. The third-order valence-corrected chi connectivity index (χ3v) is 11.8. The number of nitrogens with zero attached hydrogens (tertiary/aromatic N) is 4. The van der Waals surface area contributed by atoms with Crippen molar-refractivity contribution < 1.29 is 43.4 Å². The summed E-state index contributed by atoms with van der Waals surface area (Å²) in [4.78, 5) is 34.0. The van der Waals surface area contributed by atoms with Gasteiger partial charge in [-0.2, -0.15) is 0 Å². The number of imidazole rings is 1. The van der Waals surface area contributed by atoms with Crippen LogP contribution in [0.25, 0.3) is 11.2 Å². The van der Waals surface area contributed by atoms with Crippen molar-refractivity contribution in [2.24, 2.45) is 0 Å². The number of fused-ring (bicyclic) bond motifs is 1. The molecule has 0 radical (unpaired) electrons. The minimum absolute atomic E-state index is 0.0699. The summed E-state index contributed by atoms with van der Waals surface area (Å²) in [6.45, 7) is 8.45. The molecule has 3 aromatic carbocycles. The summed E-state index contributed by atoms with van der Waals surface area (Å²) in [7, 11) is 1.94. The Morgan fingerprint density at radius 2 is 1.49 bits per heavy atom. The zero-order valence-electron chi connectivity index (χ0n) is 34.1. The first kappa shape index (κ1) is 43.4. The highest BCUT2D eigenvalue weighted by atomic mass is 28.3. The van der Waals surface area contributed by atoms with Crippen molar-refractivity contribution in [1.29, 1.82) is 0 Å². The minimum atomic E-state index is -1.39. The van der Waals surface area contributed by atoms with E-state index >= 15 is 0 Å². The van der Waals surface area contributed by atoms with Gasteiger partial charge < -0.3 is 44.0 Å². The normalized spacial score (nSPS) is 18.2. The zero-order chi connectivity index (χ0) is 42.0. The Morgan fingerprint density at radius 3 is 2.12 bits per heavy atom. The molecule has 17 heteroatoms. The van der Waals surface area contributed by atoms with E-state index in [1.807, 2.05) is 78.9 Å². The van der Waals surface area contributed by atoms with Gasteiger partial charge in [0.1, 0.15) is 41.7 Å². The molecule has 1 fully saturated rings. The molecule has 0 saturated carbocycles. The van der Waals surface area contributed by atoms with E-state index in [1.165, 1.54) is 21.8 Å². The van der Waals surface area contributed by atoms with E-state index in [1.54, 1.807) is 14.2 Å². The summed E-state index contributed by atoms with van der Waals surface area (Å²) in [5.41, 5.74) is 1.08. The molecule has 1 aliphatic rings. The van der Waals surface area contributed by atoms with Crippen molar-refractivity contribution >= 4 is 25.3 Å². The zero-order valence-corrected chi connectivity index (χ0v) is 35.1. The van der Waals surface area contributed by atoms with Gasteiger partial charge in [-0.15, -0.1) is 0 Å². The van der Waals surface area contributed by atoms with Gasteiger partial charge in [-0.25, -0.2) is 14.8 Å². The first-order valence-electron chi connectivity index (χ1n) is 19.6. The number of carbonyl (C=O) groups excluding carboxylic acids is 1. The van der Waals surface area contributed by atoms with E-state index in [2.05, 4.69) is 40.2 Å². The molecule has 316 valence electrons. The maximum absolute atomic E-state index is 13.4. The molecular weight excluding hydrogens is 777 g/mol. The number of alkyl carbamates (subject to hydrolysis) is 1. The lowest BCUT2D eigenvalue weighted by Gasteiger charge is -2.37. The Balaban J connectivity index is 1.10. The lowest BCUT2D eigenvalue weighted by molar-refractivity contribution is -0.0942. The summed E-state index contributed by atoms with van der Waals surface area (Å²) in [6.07, 6.45) is -2.53. The number of benzene rings is 3. The van der Waals surface area contributed by atoms with Crippen LogP contribution in [-0.4, -0.2) is 116 Å². The average molecular weight is 831 g/mol. The number of aliphatic hydroxyl groups is 2. The van der Waals surface area contributed by atoms with E-state index < -0.39 is 49.9 Å². The summed E-state index contributed by atoms with van der Waals surface area (Å²) >= 11 is 0. The first-order valence-corrected chi connectivity index (χ1v) is 23.3. The molecule has 3 heterocycles. The molecule has 0 bridgehead atoms. The molecule has 1 amide bonds. The average Bonchev–Trinajstić information content (AvgIpc) is 3.80. The molecule has 2 aromatic heterocycles. The number of aliphatic hydroxyl groups excluding tert-OH is 2. The molecule has 1 saturated heterocycles. The van der Waals surface area contributed by atoms with Crippen molar-refractivity contribution in [2.45, 2.75) is 62.4 Å². The van der Waals surface area contributed by atoms with Crippen molar-refractivity contribution in [3.05, 3.63) is 119 Å². The van der Waals surface area contributed by atoms with Gasteiger partial charge in [0.05, 0.1) is 53.6 Å². The van der Waals surface area contributed by atoms with Crippen LogP contribution in [0.1, 0.15) is 22.9 Å². The maximum atomic E-state index is 13.4. The minimum Gasteiger partial charge on any atom is -0.497 e. The Morgan fingerprint density at radius 1 is 0.847 bits per heavy atom. The van der Waals surface area contributed by atoms with Crippen LogP contribution in [0, 0.1) is 0 Å². The fraction of sp³-hybridized carbons (Fsp3) is 0.429. The summed E-state index contributed by atoms with van der Waals surface area (Å²) in [5.74, 6) is 1.35. The van der Waals surface area contributed by atoms with Crippen LogP contribution in [0.3, 0.4) is 0 Å². The van der Waals surface area contributed by atoms with Crippen LogP contribution >= 0.6 is 0 Å². The van der Waals surface area contributed by atoms with Gasteiger partial charge in [-0.3, -0.25) is 19.2 Å². The third kappa shape index (κ3) is 10.4. The molecule has 59 heavy (non-hydrogen) atoms. The topological polar surface area (TPSA) is 190 Å². The Labute approximate surface area is 344 Å². The number of rotatable bonds is 20. The lowest BCUT2D eigenvalue weighted by Crippen LogP contribution is -2.39. The van der Waals surface area contributed by atoms with Crippen LogP contribution in [0.4, 0.5) is 4.79 Å². The van der Waals surface area contributed by atoms with Crippen molar-refractivity contribution in [2.75, 3.05) is 53.9 Å². The monoisotopic (exact) mass is 830 g/mol. The van der Waals surface area contributed by atoms with Crippen LogP contribution in [0.5, 0.6) is 11.5 Å². The number of ether oxygens (including phenoxy) is 6. The van der Waals surface area contributed by atoms with E-state index in [0.717, 1.165) is 22.7 Å². The van der Waals surface area contributed by atoms with Crippen molar-refractivity contribution in [3.63, 3.8) is 0 Å². The fourth-order valence-electron chi connectivity index (χ4n) is 6.80. The second kappa shape index (κ2) is 19.7. The quantitative estimate of drug-likeness (QED) is 0.0384. The number of aromatic nitrogens is 4. The van der Waals surface area contributed by atoms with Crippen LogP contribution in [0.15, 0.2) is 96.3 Å². The highest BCUT2D eigenvalue weighted by molar-refractivity contribution is 6.76. The predicted octanol–water partition coefficient (Wildman–Crippen LogP) is 3.87. The van der Waals surface area contributed by atoms with E-state index in [-0.39, 0.29) is 37.7 Å². The highest BCUT2D eigenvalue weighted by Crippen LogP contribution is 2.43. The molecule has 4 atom stereocenters. The van der Waals surface area contributed by atoms with E-state index in [0.29, 0.717) is 31.2 Å². The van der Waals surface area contributed by atoms with Gasteiger partial charge in [-0.1, -0.05) is 74.2 Å². The second-order valence-corrected chi connectivity index (χ2v) is 21.0. The number of carbonyl (C=O) groups is 1. The lowest BCUT2D eigenvalue weighted by atomic mass is 9.80. The summed E-state index contributed by atoms with van der Waals surface area (Å²) in [5, 5.41) is 28.4. The molecule has 0 aliphatic carbocycles. The Hall–Kier alpha value is -5.14. The number of methoxy groups -OCH3 is 2. The standard InChI is InChI=1S/C42H54N6O10Si/c1-53-32-15-11-30(12-16-32)42(29-9-7-6-8-10-29,31-13-17-33(54-2)18-14-31)57-25-34-36(49)37(50)40(58-34)48-27-45-35-38(48)46-26-47(39(35)51)21-22-55-28-43-19-20-44-41(52)56-23-24-59(3,4)5/h6-18,26-27,34,36-37,40,43,49-50H,19-25,28H2,1-5H3,(H,44,52)/t34-,36-,37-,40-/m1/s1. The molecule has 0 unspecified atom stereocenters. The Kier molecular flexibility index (Phi) is 14.5. The summed E-state index contributed by atoms with van der Waals surface area (Å²) in [6, 6.07) is 25.8. The van der Waals surface area contributed by atoms with Gasteiger partial charge in [0, 0.05) is 21.2 Å². The molecule has 4 N–H and O–H groups in total. The number of hydrogen-bond acceptors (Lipinski definition) is 13. The number of nitrogens with one attached hydrogen (secondary N) is 2. The van der Waals surface area contributed by atoms with Crippen molar-refractivity contribution in [3.8, 4) is 11.5 Å². The Bertz CT molecular complexity index is 2110. The SMILES string of the molecule is COc1ccc(C(OC[C@H]2O[C@@H](n3cnc4c(=O)n(CCOCNCCNC(=O)OCC[Si](C)(C)C)cnc43)[C@H](O)[C@@H]2O)(c2ccccc2)c2ccc(OC)cc2)cc1. The van der Waals surface area contributed by atoms with Gasteiger partial charge >= 0.3 is 6.09 Å². The maximum Gasteiger partial charge on any atom is 0.407 e. The van der Waals surface area contributed by atoms with Crippen LogP contribution in [-0.2, 0) is 31.1 Å². The van der Waals surface area contributed by atoms with Crippen LogP contribution < -0.4 is 25.7 Å². The van der Waals surface area contributed by atoms with E-state index in [9.17, 15) is 19.8 Å². The predicted molar refractivity (Wildman–Crippen MR) is 222 cm³/mol. The van der Waals surface area contributed by atoms with Gasteiger partial charge in [0.2, 0.25) is 0 Å². The fourth-order valence-corrected chi connectivity index (χ4v) is 7.52. The molecule has 1 aliphatic heterocycles. The second-order valence-electron chi connectivity index (χ2n) is 15.4. The molecule has 16 nitrogen and oxygen atoms in total. The largest absolute Gasteiger partial charge is 0.497 e. The van der Waals surface area contributed by atoms with Gasteiger partial charge in [-0.05, 0) is 47.0 Å². The molecule has 5 aromatic rings.